The summed E-state index contributed by atoms with van der Waals surface area (Å²) in [6.45, 7) is 10.9. The summed E-state index contributed by atoms with van der Waals surface area (Å²) in [5, 5.41) is 0. The van der Waals surface area contributed by atoms with Crippen molar-refractivity contribution in [2.45, 2.75) is 79.1 Å². The van der Waals surface area contributed by atoms with Crippen LogP contribution in [-0.2, 0) is 34.0 Å². The highest BCUT2D eigenvalue weighted by atomic mass is 16.5. The first-order chi connectivity index (χ1) is 25.2. The largest absolute Gasteiger partial charge is 0.377 e. The van der Waals surface area contributed by atoms with E-state index in [-0.39, 0.29) is 0 Å². The van der Waals surface area contributed by atoms with Crippen molar-refractivity contribution in [3.05, 3.63) is 161 Å². The summed E-state index contributed by atoms with van der Waals surface area (Å²) in [5.74, 6) is 0. The molecule has 0 saturated heterocycles. The summed E-state index contributed by atoms with van der Waals surface area (Å²) < 4.78 is 17.6. The molecule has 5 rings (SSSR count). The fourth-order valence-electron chi connectivity index (χ4n) is 5.86. The van der Waals surface area contributed by atoms with Gasteiger partial charge in [0.15, 0.2) is 0 Å². The maximum atomic E-state index is 5.89. The van der Waals surface area contributed by atoms with E-state index >= 15 is 0 Å². The van der Waals surface area contributed by atoms with Crippen molar-refractivity contribution in [1.82, 2.24) is 0 Å². The maximum absolute atomic E-state index is 5.89. The second kappa shape index (κ2) is 21.0. The zero-order valence-electron chi connectivity index (χ0n) is 30.9. The Labute approximate surface area is 306 Å². The minimum atomic E-state index is 0.632. The van der Waals surface area contributed by atoms with E-state index in [9.17, 15) is 0 Å². The Hall–Kier alpha value is -4.48. The SMILES string of the molecule is CCCCOCc1ccc(C(=Cc2ccc(N(c3ccc(COCCCC)cc3)c3ccc(COCCCC)cc3)cc2)c2ccccc2)cc1. The van der Waals surface area contributed by atoms with E-state index in [1.807, 2.05) is 0 Å². The fourth-order valence-corrected chi connectivity index (χ4v) is 5.86. The van der Waals surface area contributed by atoms with Crippen LogP contribution < -0.4 is 4.90 Å². The van der Waals surface area contributed by atoms with Crippen molar-refractivity contribution in [1.29, 1.82) is 0 Å². The first kappa shape index (κ1) is 37.8. The zero-order chi connectivity index (χ0) is 35.5. The Morgan fingerprint density at radius 3 is 1.24 bits per heavy atom. The van der Waals surface area contributed by atoms with Crippen molar-refractivity contribution >= 4 is 28.7 Å². The van der Waals surface area contributed by atoms with Crippen molar-refractivity contribution < 1.29 is 14.2 Å². The summed E-state index contributed by atoms with van der Waals surface area (Å²) in [5.41, 5.74) is 11.6. The molecule has 0 aliphatic heterocycles. The van der Waals surface area contributed by atoms with Crippen LogP contribution in [-0.4, -0.2) is 19.8 Å². The highest BCUT2D eigenvalue weighted by Gasteiger charge is 2.14. The molecule has 266 valence electrons. The summed E-state index contributed by atoms with van der Waals surface area (Å²) in [6, 6.07) is 45.8. The van der Waals surface area contributed by atoms with Crippen LogP contribution in [0.2, 0.25) is 0 Å². The van der Waals surface area contributed by atoms with Crippen molar-refractivity contribution in [2.75, 3.05) is 24.7 Å². The molecule has 51 heavy (non-hydrogen) atoms. The van der Waals surface area contributed by atoms with Crippen molar-refractivity contribution in [3.8, 4) is 0 Å². The standard InChI is InChI=1S/C47H55NO3/c1-4-7-31-49-35-39-15-23-43(24-16-39)47(42-13-11-10-12-14-42)34-38-17-25-44(26-18-38)48(45-27-19-40(20-28-45)36-50-32-8-5-2)46-29-21-41(22-30-46)37-51-33-9-6-3/h10-30,34H,4-9,31-33,35-37H2,1-3H3. The van der Waals surface area contributed by atoms with Crippen molar-refractivity contribution in [3.63, 3.8) is 0 Å². The van der Waals surface area contributed by atoms with E-state index < -0.39 is 0 Å². The third-order valence-electron chi connectivity index (χ3n) is 8.93. The molecule has 0 fully saturated rings. The minimum absolute atomic E-state index is 0.632. The van der Waals surface area contributed by atoms with Crippen LogP contribution in [0, 0.1) is 0 Å². The molecule has 0 N–H and O–H groups in total. The Morgan fingerprint density at radius 1 is 0.451 bits per heavy atom. The van der Waals surface area contributed by atoms with E-state index in [2.05, 4.69) is 159 Å². The number of hydrogen-bond donors (Lipinski definition) is 0. The lowest BCUT2D eigenvalue weighted by Gasteiger charge is -2.26. The van der Waals surface area contributed by atoms with Gasteiger partial charge in [0, 0.05) is 36.9 Å². The quantitative estimate of drug-likeness (QED) is 0.0570. The molecule has 0 amide bonds. The molecule has 0 aromatic heterocycles. The van der Waals surface area contributed by atoms with Gasteiger partial charge in [-0.1, -0.05) is 131 Å². The van der Waals surface area contributed by atoms with Crippen LogP contribution in [0.3, 0.4) is 0 Å². The van der Waals surface area contributed by atoms with Crippen LogP contribution in [0.1, 0.15) is 92.7 Å². The molecule has 0 atom stereocenters. The van der Waals surface area contributed by atoms with Gasteiger partial charge in [-0.05, 0) is 101 Å². The molecule has 0 heterocycles. The van der Waals surface area contributed by atoms with E-state index in [4.69, 9.17) is 14.2 Å². The predicted molar refractivity (Wildman–Crippen MR) is 215 cm³/mol. The van der Waals surface area contributed by atoms with E-state index in [1.165, 1.54) is 33.4 Å². The molecule has 0 saturated carbocycles. The number of benzene rings is 5. The number of rotatable bonds is 21. The number of unbranched alkanes of at least 4 members (excludes halogenated alkanes) is 3. The molecular weight excluding hydrogens is 627 g/mol. The van der Waals surface area contributed by atoms with Gasteiger partial charge < -0.3 is 19.1 Å². The molecule has 0 aliphatic rings. The lowest BCUT2D eigenvalue weighted by atomic mass is 9.95. The molecule has 4 nitrogen and oxygen atoms in total. The zero-order valence-corrected chi connectivity index (χ0v) is 30.9. The van der Waals surface area contributed by atoms with Crippen LogP contribution in [0.25, 0.3) is 11.6 Å². The first-order valence-corrected chi connectivity index (χ1v) is 18.9. The van der Waals surface area contributed by atoms with Gasteiger partial charge in [-0.3, -0.25) is 0 Å². The smallest absolute Gasteiger partial charge is 0.0716 e. The number of nitrogens with zero attached hydrogens (tertiary/aromatic N) is 1. The maximum Gasteiger partial charge on any atom is 0.0716 e. The third kappa shape index (κ3) is 11.8. The highest BCUT2D eigenvalue weighted by Crippen LogP contribution is 2.36. The molecule has 5 aromatic carbocycles. The van der Waals surface area contributed by atoms with Gasteiger partial charge in [0.25, 0.3) is 0 Å². The second-order valence-electron chi connectivity index (χ2n) is 13.1. The van der Waals surface area contributed by atoms with Crippen LogP contribution >= 0.6 is 0 Å². The monoisotopic (exact) mass is 681 g/mol. The van der Waals surface area contributed by atoms with E-state index in [1.54, 1.807) is 0 Å². The van der Waals surface area contributed by atoms with Gasteiger partial charge in [0.1, 0.15) is 0 Å². The summed E-state index contributed by atoms with van der Waals surface area (Å²) in [6.07, 6.45) is 8.99. The number of ether oxygens (including phenoxy) is 3. The lowest BCUT2D eigenvalue weighted by Crippen LogP contribution is -2.10. The summed E-state index contributed by atoms with van der Waals surface area (Å²) in [7, 11) is 0. The van der Waals surface area contributed by atoms with E-state index in [0.717, 1.165) is 81.0 Å². The Kier molecular flexibility index (Phi) is 15.6. The molecule has 0 bridgehead atoms. The van der Waals surface area contributed by atoms with E-state index in [0.29, 0.717) is 19.8 Å². The Morgan fingerprint density at radius 2 is 0.824 bits per heavy atom. The average Bonchev–Trinajstić information content (AvgIpc) is 3.18. The van der Waals surface area contributed by atoms with Gasteiger partial charge in [-0.15, -0.1) is 0 Å². The van der Waals surface area contributed by atoms with Gasteiger partial charge in [0.2, 0.25) is 0 Å². The lowest BCUT2D eigenvalue weighted by molar-refractivity contribution is 0.118. The molecular formula is C47H55NO3. The number of hydrogen-bond acceptors (Lipinski definition) is 4. The average molecular weight is 682 g/mol. The molecule has 0 unspecified atom stereocenters. The predicted octanol–water partition coefficient (Wildman–Crippen LogP) is 12.7. The topological polar surface area (TPSA) is 30.9 Å². The highest BCUT2D eigenvalue weighted by molar-refractivity contribution is 5.91. The summed E-state index contributed by atoms with van der Waals surface area (Å²) >= 11 is 0. The second-order valence-corrected chi connectivity index (χ2v) is 13.1. The molecule has 5 aromatic rings. The minimum Gasteiger partial charge on any atom is -0.377 e. The van der Waals surface area contributed by atoms with Gasteiger partial charge >= 0.3 is 0 Å². The molecule has 0 aliphatic carbocycles. The number of anilines is 3. The van der Waals surface area contributed by atoms with Crippen molar-refractivity contribution in [2.24, 2.45) is 0 Å². The summed E-state index contributed by atoms with van der Waals surface area (Å²) in [4.78, 5) is 2.32. The molecule has 0 radical (unpaired) electrons. The Balaban J connectivity index is 1.41. The first-order valence-electron chi connectivity index (χ1n) is 18.9. The van der Waals surface area contributed by atoms with Gasteiger partial charge in [-0.2, -0.15) is 0 Å². The fraction of sp³-hybridized carbons (Fsp3) is 0.319. The normalized spacial score (nSPS) is 11.5. The van der Waals surface area contributed by atoms with Gasteiger partial charge in [0.05, 0.1) is 19.8 Å². The van der Waals surface area contributed by atoms with Gasteiger partial charge in [-0.25, -0.2) is 0 Å². The molecule has 0 spiro atoms. The Bertz CT molecular complexity index is 1660. The van der Waals surface area contributed by atoms with Crippen LogP contribution in [0.5, 0.6) is 0 Å². The van der Waals surface area contributed by atoms with Crippen LogP contribution in [0.15, 0.2) is 127 Å². The third-order valence-corrected chi connectivity index (χ3v) is 8.93. The van der Waals surface area contributed by atoms with Crippen LogP contribution in [0.4, 0.5) is 17.1 Å². The molecule has 4 heteroatoms.